The molecule has 1 aliphatic heterocycles. The number of halogens is 1. The number of methoxy groups -OCH3 is 1. The van der Waals surface area contributed by atoms with E-state index in [-0.39, 0.29) is 5.70 Å². The molecule has 26 heavy (non-hydrogen) atoms. The lowest BCUT2D eigenvalue weighted by Crippen LogP contribution is -2.20. The molecular weight excluding hydrogens is 354 g/mol. The molecule has 1 atom stereocenters. The summed E-state index contributed by atoms with van der Waals surface area (Å²) in [6, 6.07) is 16.3. The first-order valence-corrected chi connectivity index (χ1v) is 8.34. The molecule has 0 amide bonds. The largest absolute Gasteiger partial charge is 0.497 e. The second-order valence-corrected chi connectivity index (χ2v) is 6.32. The first kappa shape index (κ1) is 16.4. The van der Waals surface area contributed by atoms with E-state index in [0.717, 1.165) is 10.8 Å². The quantitative estimate of drug-likeness (QED) is 0.468. The molecule has 4 rings (SSSR count). The number of benzene rings is 3. The van der Waals surface area contributed by atoms with Crippen LogP contribution in [-0.4, -0.2) is 12.0 Å². The number of ether oxygens (including phenoxy) is 2. The predicted octanol–water partition coefficient (Wildman–Crippen LogP) is 5.25. The zero-order valence-electron chi connectivity index (χ0n) is 13.8. The average molecular weight is 368 g/mol. The third-order valence-corrected chi connectivity index (χ3v) is 4.78. The molecule has 0 aromatic heterocycles. The molecule has 0 aliphatic carbocycles. The van der Waals surface area contributed by atoms with Crippen molar-refractivity contribution in [3.05, 3.63) is 86.6 Å². The third-order valence-electron chi connectivity index (χ3n) is 4.43. The van der Waals surface area contributed by atoms with Crippen molar-refractivity contribution < 1.29 is 14.4 Å². The first-order chi connectivity index (χ1) is 12.6. The third kappa shape index (κ3) is 2.66. The highest BCUT2D eigenvalue weighted by atomic mass is 35.5. The van der Waals surface area contributed by atoms with Crippen LogP contribution in [0.5, 0.6) is 11.5 Å². The lowest BCUT2D eigenvalue weighted by atomic mass is 9.97. The summed E-state index contributed by atoms with van der Waals surface area (Å²) < 4.78 is 11.3. The fourth-order valence-corrected chi connectivity index (χ4v) is 3.39. The lowest BCUT2D eigenvalue weighted by Gasteiger charge is -2.24. The number of hydrogen-bond acceptors (Lipinski definition) is 4. The summed E-state index contributed by atoms with van der Waals surface area (Å²) in [6.07, 6.45) is 0.698. The molecule has 3 aromatic carbocycles. The molecule has 0 saturated carbocycles. The van der Waals surface area contributed by atoms with Crippen LogP contribution in [0.3, 0.4) is 0 Å². The maximum atomic E-state index is 11.7. The Morgan fingerprint density at radius 3 is 2.65 bits per heavy atom. The van der Waals surface area contributed by atoms with Gasteiger partial charge in [-0.15, -0.1) is 0 Å². The zero-order chi connectivity index (χ0) is 18.3. The van der Waals surface area contributed by atoms with E-state index in [4.69, 9.17) is 21.1 Å². The Kier molecular flexibility index (Phi) is 4.01. The van der Waals surface area contributed by atoms with Crippen molar-refractivity contribution >= 4 is 28.4 Å². The molecule has 0 spiro atoms. The molecule has 1 unspecified atom stereocenters. The monoisotopic (exact) mass is 367 g/mol. The smallest absolute Gasteiger partial charge is 0.291 e. The molecule has 3 aromatic rings. The summed E-state index contributed by atoms with van der Waals surface area (Å²) in [5.74, 6) is 1.25. The van der Waals surface area contributed by atoms with E-state index < -0.39 is 11.0 Å². The molecular formula is C20H14ClNO4. The standard InChI is InChI=1S/C20H14ClNO4/c1-25-13-8-6-12-7-9-19-16(15(12)10-13)11-18(22(23)24)20(26-19)14-4-2-3-5-17(14)21/h2-11,20H,1H3. The van der Waals surface area contributed by atoms with Crippen LogP contribution >= 0.6 is 11.6 Å². The molecule has 6 heteroatoms. The number of hydrogen-bond donors (Lipinski definition) is 0. The molecule has 1 heterocycles. The van der Waals surface area contributed by atoms with E-state index in [1.807, 2.05) is 30.3 Å². The van der Waals surface area contributed by atoms with Crippen LogP contribution < -0.4 is 9.47 Å². The van der Waals surface area contributed by atoms with Crippen molar-refractivity contribution in [3.63, 3.8) is 0 Å². The summed E-state index contributed by atoms with van der Waals surface area (Å²) in [7, 11) is 1.58. The fourth-order valence-electron chi connectivity index (χ4n) is 3.15. The van der Waals surface area contributed by atoms with E-state index in [1.54, 1.807) is 37.5 Å². The van der Waals surface area contributed by atoms with Gasteiger partial charge < -0.3 is 9.47 Å². The lowest BCUT2D eigenvalue weighted by molar-refractivity contribution is -0.434. The SMILES string of the molecule is COc1ccc2ccc3c(c2c1)C=C([N+](=O)[O-])C(c1ccccc1Cl)O3. The fraction of sp³-hybridized carbons (Fsp3) is 0.100. The van der Waals surface area contributed by atoms with Gasteiger partial charge in [-0.25, -0.2) is 0 Å². The van der Waals surface area contributed by atoms with E-state index in [1.165, 1.54) is 0 Å². The predicted molar refractivity (Wildman–Crippen MR) is 100 cm³/mol. The minimum absolute atomic E-state index is 0.0547. The van der Waals surface area contributed by atoms with Crippen molar-refractivity contribution in [3.8, 4) is 11.5 Å². The Bertz CT molecular complexity index is 1060. The van der Waals surface area contributed by atoms with Crippen LogP contribution in [-0.2, 0) is 0 Å². The van der Waals surface area contributed by atoms with Gasteiger partial charge in [0, 0.05) is 22.2 Å². The summed E-state index contributed by atoms with van der Waals surface area (Å²) in [5, 5.41) is 13.9. The van der Waals surface area contributed by atoms with Crippen molar-refractivity contribution in [2.24, 2.45) is 0 Å². The maximum Gasteiger partial charge on any atom is 0.291 e. The number of fused-ring (bicyclic) bond motifs is 3. The van der Waals surface area contributed by atoms with Gasteiger partial charge in [0.25, 0.3) is 5.70 Å². The van der Waals surface area contributed by atoms with Crippen LogP contribution in [0.25, 0.3) is 16.8 Å². The van der Waals surface area contributed by atoms with Gasteiger partial charge in [-0.05, 0) is 35.0 Å². The first-order valence-electron chi connectivity index (χ1n) is 7.96. The number of rotatable bonds is 3. The number of nitrogens with zero attached hydrogens (tertiary/aromatic N) is 1. The Morgan fingerprint density at radius 1 is 1.15 bits per heavy atom. The summed E-state index contributed by atoms with van der Waals surface area (Å²) in [4.78, 5) is 11.3. The molecule has 0 radical (unpaired) electrons. The van der Waals surface area contributed by atoms with Gasteiger partial charge in [0.2, 0.25) is 6.10 Å². The molecule has 5 nitrogen and oxygen atoms in total. The van der Waals surface area contributed by atoms with Gasteiger partial charge in [0.1, 0.15) is 11.5 Å². The number of nitro groups is 1. The van der Waals surface area contributed by atoms with Crippen LogP contribution in [0.2, 0.25) is 5.02 Å². The Balaban J connectivity index is 1.93. The second kappa shape index (κ2) is 6.35. The highest BCUT2D eigenvalue weighted by Gasteiger charge is 2.35. The summed E-state index contributed by atoms with van der Waals surface area (Å²) >= 11 is 6.24. The molecule has 1 aliphatic rings. The average Bonchev–Trinajstić information content (AvgIpc) is 2.66. The van der Waals surface area contributed by atoms with Crippen LogP contribution in [0, 0.1) is 10.1 Å². The molecule has 0 fully saturated rings. The van der Waals surface area contributed by atoms with Gasteiger partial charge in [0.05, 0.1) is 12.0 Å². The highest BCUT2D eigenvalue weighted by Crippen LogP contribution is 2.42. The second-order valence-electron chi connectivity index (χ2n) is 5.91. The van der Waals surface area contributed by atoms with Crippen LogP contribution in [0.1, 0.15) is 17.2 Å². The van der Waals surface area contributed by atoms with Gasteiger partial charge in [-0.2, -0.15) is 0 Å². The van der Waals surface area contributed by atoms with Gasteiger partial charge >= 0.3 is 0 Å². The maximum absolute atomic E-state index is 11.7. The zero-order valence-corrected chi connectivity index (χ0v) is 14.6. The van der Waals surface area contributed by atoms with Crippen molar-refractivity contribution in [2.75, 3.05) is 7.11 Å². The van der Waals surface area contributed by atoms with Gasteiger partial charge in [-0.3, -0.25) is 10.1 Å². The Hall–Kier alpha value is -3.05. The highest BCUT2D eigenvalue weighted by molar-refractivity contribution is 6.31. The molecule has 0 bridgehead atoms. The van der Waals surface area contributed by atoms with Crippen LogP contribution in [0.4, 0.5) is 0 Å². The summed E-state index contributed by atoms with van der Waals surface area (Å²) in [6.45, 7) is 0. The van der Waals surface area contributed by atoms with E-state index in [0.29, 0.717) is 27.6 Å². The van der Waals surface area contributed by atoms with E-state index in [9.17, 15) is 10.1 Å². The Labute approximate surface area is 154 Å². The summed E-state index contributed by atoms with van der Waals surface area (Å²) in [5.41, 5.74) is 1.17. The molecule has 0 saturated heterocycles. The normalized spacial score (nSPS) is 15.8. The van der Waals surface area contributed by atoms with Gasteiger partial charge in [-0.1, -0.05) is 41.9 Å². The minimum Gasteiger partial charge on any atom is -0.497 e. The molecule has 130 valence electrons. The van der Waals surface area contributed by atoms with Crippen molar-refractivity contribution in [2.45, 2.75) is 6.10 Å². The minimum atomic E-state index is -0.866. The van der Waals surface area contributed by atoms with Gasteiger partial charge in [0.15, 0.2) is 0 Å². The van der Waals surface area contributed by atoms with E-state index in [2.05, 4.69) is 0 Å². The molecule has 0 N–H and O–H groups in total. The van der Waals surface area contributed by atoms with Crippen molar-refractivity contribution in [1.82, 2.24) is 0 Å². The topological polar surface area (TPSA) is 61.6 Å². The van der Waals surface area contributed by atoms with Crippen molar-refractivity contribution in [1.29, 1.82) is 0 Å². The van der Waals surface area contributed by atoms with E-state index >= 15 is 0 Å². The Morgan fingerprint density at radius 2 is 1.92 bits per heavy atom. The van der Waals surface area contributed by atoms with Crippen LogP contribution in [0.15, 0.2) is 60.3 Å².